The molecule has 1 aliphatic carbocycles. The van der Waals surface area contributed by atoms with Gasteiger partial charge in [0.2, 0.25) is 0 Å². The van der Waals surface area contributed by atoms with Crippen molar-refractivity contribution in [2.75, 3.05) is 13.1 Å². The van der Waals surface area contributed by atoms with E-state index in [9.17, 15) is 4.79 Å². The van der Waals surface area contributed by atoms with Gasteiger partial charge in [0.1, 0.15) is 5.78 Å². The molecule has 2 rings (SSSR count). The Bertz CT molecular complexity index is 181. The first-order chi connectivity index (χ1) is 6.34. The minimum Gasteiger partial charge on any atom is -0.316 e. The lowest BCUT2D eigenvalue weighted by atomic mass is 9.99. The monoisotopic (exact) mass is 181 g/mol. The quantitative estimate of drug-likeness (QED) is 0.700. The van der Waals surface area contributed by atoms with Gasteiger partial charge in [-0.2, -0.15) is 0 Å². The Morgan fingerprint density at radius 1 is 1.23 bits per heavy atom. The van der Waals surface area contributed by atoms with E-state index in [0.717, 1.165) is 44.2 Å². The van der Waals surface area contributed by atoms with Crippen molar-refractivity contribution in [3.8, 4) is 0 Å². The Morgan fingerprint density at radius 3 is 2.69 bits per heavy atom. The smallest absolute Gasteiger partial charge is 0.133 e. The van der Waals surface area contributed by atoms with Gasteiger partial charge in [0, 0.05) is 12.8 Å². The Hall–Kier alpha value is -0.370. The van der Waals surface area contributed by atoms with Gasteiger partial charge in [-0.25, -0.2) is 0 Å². The first-order valence-electron chi connectivity index (χ1n) is 5.57. The second kappa shape index (κ2) is 4.23. The van der Waals surface area contributed by atoms with Gasteiger partial charge in [0.25, 0.3) is 0 Å². The molecule has 1 N–H and O–H groups in total. The van der Waals surface area contributed by atoms with Crippen molar-refractivity contribution in [2.24, 2.45) is 11.8 Å². The summed E-state index contributed by atoms with van der Waals surface area (Å²) in [6, 6.07) is 0. The summed E-state index contributed by atoms with van der Waals surface area (Å²) in [5.74, 6) is 2.06. The fraction of sp³-hybridized carbons (Fsp3) is 0.909. The van der Waals surface area contributed by atoms with E-state index in [0.29, 0.717) is 5.78 Å². The van der Waals surface area contributed by atoms with Crippen LogP contribution in [0, 0.1) is 11.8 Å². The summed E-state index contributed by atoms with van der Waals surface area (Å²) in [7, 11) is 0. The van der Waals surface area contributed by atoms with Gasteiger partial charge in [0.05, 0.1) is 0 Å². The van der Waals surface area contributed by atoms with Crippen molar-refractivity contribution >= 4 is 5.78 Å². The molecule has 1 heterocycles. The van der Waals surface area contributed by atoms with Gasteiger partial charge in [-0.15, -0.1) is 0 Å². The number of carbonyl (C=O) groups excluding carboxylic acids is 1. The molecule has 2 fully saturated rings. The number of hydrogen-bond acceptors (Lipinski definition) is 2. The zero-order chi connectivity index (χ0) is 9.10. The summed E-state index contributed by atoms with van der Waals surface area (Å²) in [5.41, 5.74) is 0. The van der Waals surface area contributed by atoms with Gasteiger partial charge in [-0.3, -0.25) is 4.79 Å². The van der Waals surface area contributed by atoms with Crippen LogP contribution in [-0.2, 0) is 4.79 Å². The normalized spacial score (nSPS) is 27.8. The highest BCUT2D eigenvalue weighted by Crippen LogP contribution is 2.33. The molecule has 2 heteroatoms. The third-order valence-corrected chi connectivity index (χ3v) is 3.21. The first kappa shape index (κ1) is 9.20. The van der Waals surface area contributed by atoms with Crippen molar-refractivity contribution in [1.29, 1.82) is 0 Å². The zero-order valence-electron chi connectivity index (χ0n) is 8.22. The second-order valence-electron chi connectivity index (χ2n) is 4.58. The maximum absolute atomic E-state index is 11.4. The predicted octanol–water partition coefficient (Wildman–Crippen LogP) is 1.75. The van der Waals surface area contributed by atoms with Crippen LogP contribution in [-0.4, -0.2) is 18.9 Å². The molecule has 0 spiro atoms. The molecular weight excluding hydrogens is 162 g/mol. The standard InChI is InChI=1S/C11H19NO/c13-11(7-9-1-2-9)4-3-10-5-6-12-8-10/h9-10,12H,1-8H2. The van der Waals surface area contributed by atoms with E-state index < -0.39 is 0 Å². The summed E-state index contributed by atoms with van der Waals surface area (Å²) in [4.78, 5) is 11.4. The topological polar surface area (TPSA) is 29.1 Å². The van der Waals surface area contributed by atoms with Gasteiger partial charge >= 0.3 is 0 Å². The van der Waals surface area contributed by atoms with Crippen LogP contribution >= 0.6 is 0 Å². The minimum absolute atomic E-state index is 0.509. The number of rotatable bonds is 5. The third kappa shape index (κ3) is 3.11. The Kier molecular flexibility index (Phi) is 2.99. The highest BCUT2D eigenvalue weighted by Gasteiger charge is 2.24. The van der Waals surface area contributed by atoms with E-state index in [1.165, 1.54) is 19.3 Å². The summed E-state index contributed by atoms with van der Waals surface area (Å²) in [6.45, 7) is 2.29. The Labute approximate surface area is 80.1 Å². The molecule has 0 bridgehead atoms. The summed E-state index contributed by atoms with van der Waals surface area (Å²) >= 11 is 0. The van der Waals surface area contributed by atoms with E-state index in [2.05, 4.69) is 5.32 Å². The SMILES string of the molecule is O=C(CCC1CCNC1)CC1CC1. The fourth-order valence-electron chi connectivity index (χ4n) is 2.07. The molecule has 0 amide bonds. The summed E-state index contributed by atoms with van der Waals surface area (Å²) in [6.07, 6.45) is 6.71. The van der Waals surface area contributed by atoms with Crippen molar-refractivity contribution < 1.29 is 4.79 Å². The van der Waals surface area contributed by atoms with E-state index >= 15 is 0 Å². The predicted molar refractivity (Wildman–Crippen MR) is 52.6 cm³/mol. The number of hydrogen-bond donors (Lipinski definition) is 1. The molecule has 0 aromatic heterocycles. The van der Waals surface area contributed by atoms with E-state index in [1.54, 1.807) is 0 Å². The Morgan fingerprint density at radius 2 is 2.08 bits per heavy atom. The largest absolute Gasteiger partial charge is 0.316 e. The van der Waals surface area contributed by atoms with Gasteiger partial charge in [0.15, 0.2) is 0 Å². The molecule has 2 nitrogen and oxygen atoms in total. The molecule has 1 aliphatic heterocycles. The maximum Gasteiger partial charge on any atom is 0.133 e. The highest BCUT2D eigenvalue weighted by atomic mass is 16.1. The van der Waals surface area contributed by atoms with E-state index in [-0.39, 0.29) is 0 Å². The van der Waals surface area contributed by atoms with Crippen molar-refractivity contribution in [1.82, 2.24) is 5.32 Å². The average molecular weight is 181 g/mol. The minimum atomic E-state index is 0.509. The van der Waals surface area contributed by atoms with Crippen LogP contribution in [0.1, 0.15) is 38.5 Å². The van der Waals surface area contributed by atoms with E-state index in [1.807, 2.05) is 0 Å². The zero-order valence-corrected chi connectivity index (χ0v) is 8.22. The van der Waals surface area contributed by atoms with E-state index in [4.69, 9.17) is 0 Å². The summed E-state index contributed by atoms with van der Waals surface area (Å²) < 4.78 is 0. The summed E-state index contributed by atoms with van der Waals surface area (Å²) in [5, 5.41) is 3.34. The molecule has 1 saturated carbocycles. The molecule has 1 saturated heterocycles. The average Bonchev–Trinajstić information content (AvgIpc) is 2.78. The van der Waals surface area contributed by atoms with Gasteiger partial charge in [-0.1, -0.05) is 0 Å². The van der Waals surface area contributed by atoms with Crippen molar-refractivity contribution in [3.63, 3.8) is 0 Å². The molecular formula is C11H19NO. The van der Waals surface area contributed by atoms with Gasteiger partial charge in [-0.05, 0) is 50.6 Å². The molecule has 1 unspecified atom stereocenters. The third-order valence-electron chi connectivity index (χ3n) is 3.21. The highest BCUT2D eigenvalue weighted by molar-refractivity contribution is 5.78. The van der Waals surface area contributed by atoms with Crippen LogP contribution in [0.3, 0.4) is 0 Å². The lowest BCUT2D eigenvalue weighted by molar-refractivity contribution is -0.119. The second-order valence-corrected chi connectivity index (χ2v) is 4.58. The van der Waals surface area contributed by atoms with Crippen LogP contribution in [0.4, 0.5) is 0 Å². The van der Waals surface area contributed by atoms with Crippen LogP contribution < -0.4 is 5.32 Å². The number of nitrogens with one attached hydrogen (secondary N) is 1. The lowest BCUT2D eigenvalue weighted by Gasteiger charge is -2.06. The maximum atomic E-state index is 11.4. The fourth-order valence-corrected chi connectivity index (χ4v) is 2.07. The van der Waals surface area contributed by atoms with Gasteiger partial charge < -0.3 is 5.32 Å². The Balaban J connectivity index is 1.57. The molecule has 74 valence electrons. The number of ketones is 1. The molecule has 0 radical (unpaired) electrons. The number of carbonyl (C=O) groups is 1. The van der Waals surface area contributed by atoms with Crippen LogP contribution in [0.15, 0.2) is 0 Å². The molecule has 13 heavy (non-hydrogen) atoms. The number of Topliss-reactive ketones (excluding diaryl/α,β-unsaturated/α-hetero) is 1. The molecule has 2 aliphatic rings. The lowest BCUT2D eigenvalue weighted by Crippen LogP contribution is -2.10. The molecule has 1 atom stereocenters. The van der Waals surface area contributed by atoms with Crippen LogP contribution in [0.25, 0.3) is 0 Å². The van der Waals surface area contributed by atoms with Crippen LogP contribution in [0.2, 0.25) is 0 Å². The van der Waals surface area contributed by atoms with Crippen molar-refractivity contribution in [2.45, 2.75) is 38.5 Å². The molecule has 0 aromatic carbocycles. The van der Waals surface area contributed by atoms with Crippen molar-refractivity contribution in [3.05, 3.63) is 0 Å². The molecule has 0 aromatic rings. The first-order valence-corrected chi connectivity index (χ1v) is 5.57. The van der Waals surface area contributed by atoms with Crippen LogP contribution in [0.5, 0.6) is 0 Å².